The molecule has 0 aliphatic rings. The van der Waals surface area contributed by atoms with Crippen molar-refractivity contribution in [2.24, 2.45) is 10.9 Å². The molecule has 0 bridgehead atoms. The number of benzene rings is 4. The van der Waals surface area contributed by atoms with Crippen molar-refractivity contribution in [3.05, 3.63) is 107 Å². The van der Waals surface area contributed by atoms with Crippen LogP contribution in [0.15, 0.2) is 90.1 Å². The normalized spacial score (nSPS) is 11.8. The molecule has 0 aliphatic heterocycles. The molecule has 4 aromatic rings. The van der Waals surface area contributed by atoms with Crippen molar-refractivity contribution in [1.82, 2.24) is 0 Å². The minimum atomic E-state index is -4.38. The fourth-order valence-corrected chi connectivity index (χ4v) is 3.55. The highest BCUT2D eigenvalue weighted by molar-refractivity contribution is 6.02. The topological polar surface area (TPSA) is 134 Å². The maximum atomic E-state index is 12.5. The smallest absolute Gasteiger partial charge is 0.409 e. The minimum Gasteiger partial charge on any atom is -0.409 e. The lowest BCUT2D eigenvalue weighted by Gasteiger charge is -2.10. The van der Waals surface area contributed by atoms with Gasteiger partial charge in [-0.25, -0.2) is 0 Å². The molecule has 0 aliphatic carbocycles. The molecule has 0 amide bonds. The van der Waals surface area contributed by atoms with E-state index in [1.807, 2.05) is 6.07 Å². The van der Waals surface area contributed by atoms with Gasteiger partial charge in [0.25, 0.3) is 0 Å². The molecule has 0 saturated carbocycles. The van der Waals surface area contributed by atoms with Gasteiger partial charge in [0, 0.05) is 16.9 Å². The van der Waals surface area contributed by atoms with Gasteiger partial charge in [0.15, 0.2) is 5.84 Å². The lowest BCUT2D eigenvalue weighted by molar-refractivity contribution is -0.138. The van der Waals surface area contributed by atoms with Gasteiger partial charge in [0.2, 0.25) is 0 Å². The molecule has 4 aromatic carbocycles. The molecule has 7 N–H and O–H groups in total. The summed E-state index contributed by atoms with van der Waals surface area (Å²) in [4.78, 5) is 0. The van der Waals surface area contributed by atoms with E-state index in [4.69, 9.17) is 27.7 Å². The second-order valence-corrected chi connectivity index (χ2v) is 8.35. The van der Waals surface area contributed by atoms with Crippen LogP contribution in [0.4, 0.5) is 37.7 Å². The summed E-state index contributed by atoms with van der Waals surface area (Å²) in [5, 5.41) is 20.4. The van der Waals surface area contributed by atoms with E-state index in [-0.39, 0.29) is 5.84 Å². The molecule has 6 nitrogen and oxygen atoms in total. The summed E-state index contributed by atoms with van der Waals surface area (Å²) in [7, 11) is 0. The number of oxime groups is 1. The molecule has 0 saturated heterocycles. The van der Waals surface area contributed by atoms with Crippen molar-refractivity contribution >= 4 is 17.2 Å². The fraction of sp³-hybridized carbons (Fsp3) is 0.0714. The molecule has 40 heavy (non-hydrogen) atoms. The monoisotopic (exact) mass is 557 g/mol. The van der Waals surface area contributed by atoms with Gasteiger partial charge in [0.1, 0.15) is 6.07 Å². The summed E-state index contributed by atoms with van der Waals surface area (Å²) in [5.74, 6) is -0.165. The zero-order chi connectivity index (χ0) is 29.7. The number of amidine groups is 1. The molecular weight excluding hydrogens is 536 g/mol. The van der Waals surface area contributed by atoms with E-state index in [0.29, 0.717) is 44.8 Å². The Bertz CT molecular complexity index is 1560. The Kier molecular flexibility index (Phi) is 8.59. The highest BCUT2D eigenvalue weighted by Gasteiger charge is 2.30. The van der Waals surface area contributed by atoms with Crippen molar-refractivity contribution in [3.63, 3.8) is 0 Å². The largest absolute Gasteiger partial charge is 0.416 e. The summed E-state index contributed by atoms with van der Waals surface area (Å²) >= 11 is 0. The van der Waals surface area contributed by atoms with Crippen molar-refractivity contribution in [3.8, 4) is 28.3 Å². The quantitative estimate of drug-likeness (QED) is 0.0544. The second-order valence-electron chi connectivity index (χ2n) is 8.35. The Morgan fingerprint density at radius 3 is 1.45 bits per heavy atom. The van der Waals surface area contributed by atoms with Crippen LogP contribution in [-0.4, -0.2) is 11.0 Å². The number of nitrogens with zero attached hydrogens (tertiary/aromatic N) is 2. The Morgan fingerprint density at radius 1 is 0.650 bits per heavy atom. The van der Waals surface area contributed by atoms with Crippen LogP contribution in [0.1, 0.15) is 22.3 Å². The third-order valence-corrected chi connectivity index (χ3v) is 5.70. The van der Waals surface area contributed by atoms with Crippen LogP contribution in [0.3, 0.4) is 0 Å². The maximum absolute atomic E-state index is 12.5. The van der Waals surface area contributed by atoms with E-state index in [9.17, 15) is 26.3 Å². The number of nitriles is 1. The molecular formula is C28H21F6N5O. The van der Waals surface area contributed by atoms with Gasteiger partial charge >= 0.3 is 12.4 Å². The molecule has 0 spiro atoms. The van der Waals surface area contributed by atoms with E-state index in [0.717, 1.165) is 24.3 Å². The first-order valence-electron chi connectivity index (χ1n) is 11.3. The van der Waals surface area contributed by atoms with Gasteiger partial charge in [-0.05, 0) is 70.8 Å². The molecule has 4 rings (SSSR count). The number of hydrogen-bond acceptors (Lipinski definition) is 5. The van der Waals surface area contributed by atoms with Gasteiger partial charge in [-0.15, -0.1) is 0 Å². The van der Waals surface area contributed by atoms with Crippen LogP contribution < -0.4 is 17.2 Å². The zero-order valence-corrected chi connectivity index (χ0v) is 20.4. The predicted octanol–water partition coefficient (Wildman–Crippen LogP) is 6.88. The SMILES string of the molecule is N#Cc1cc(-c2ccc(C(F)(F)F)cc2)ccc1N.N/C(=N\O)c1cc(-c2ccc(C(F)(F)F)cc2)ccc1N. The third kappa shape index (κ3) is 7.02. The molecule has 0 radical (unpaired) electrons. The van der Waals surface area contributed by atoms with Crippen molar-refractivity contribution in [2.75, 3.05) is 11.5 Å². The number of nitrogens with two attached hydrogens (primary N) is 3. The first-order chi connectivity index (χ1) is 18.7. The van der Waals surface area contributed by atoms with Crippen LogP contribution >= 0.6 is 0 Å². The molecule has 12 heteroatoms. The molecule has 206 valence electrons. The maximum Gasteiger partial charge on any atom is 0.416 e. The number of alkyl halides is 6. The van der Waals surface area contributed by atoms with Gasteiger partial charge in [-0.1, -0.05) is 41.6 Å². The summed E-state index contributed by atoms with van der Waals surface area (Å²) in [6.45, 7) is 0. The summed E-state index contributed by atoms with van der Waals surface area (Å²) in [6.07, 6.45) is -8.73. The number of halogens is 6. The number of rotatable bonds is 3. The number of nitrogen functional groups attached to an aromatic ring is 2. The van der Waals surface area contributed by atoms with Crippen LogP contribution in [-0.2, 0) is 12.4 Å². The van der Waals surface area contributed by atoms with E-state index in [1.165, 1.54) is 24.3 Å². The third-order valence-electron chi connectivity index (χ3n) is 5.70. The van der Waals surface area contributed by atoms with Crippen molar-refractivity contribution < 1.29 is 31.5 Å². The van der Waals surface area contributed by atoms with Crippen molar-refractivity contribution in [2.45, 2.75) is 12.4 Å². The fourth-order valence-electron chi connectivity index (χ4n) is 3.55. The zero-order valence-electron chi connectivity index (χ0n) is 20.4. The minimum absolute atomic E-state index is 0.165. The first-order valence-corrected chi connectivity index (χ1v) is 11.3. The Balaban J connectivity index is 0.000000222. The Labute approximate surface area is 224 Å². The Hall–Kier alpha value is -5.18. The average molecular weight is 557 g/mol. The summed E-state index contributed by atoms with van der Waals surface area (Å²) in [6, 6.07) is 20.9. The van der Waals surface area contributed by atoms with E-state index < -0.39 is 23.5 Å². The van der Waals surface area contributed by atoms with Crippen molar-refractivity contribution in [1.29, 1.82) is 5.26 Å². The van der Waals surface area contributed by atoms with Crippen LogP contribution in [0, 0.1) is 11.3 Å². The predicted molar refractivity (Wildman–Crippen MR) is 140 cm³/mol. The lowest BCUT2D eigenvalue weighted by Crippen LogP contribution is -2.15. The molecule has 0 heterocycles. The number of hydrogen-bond donors (Lipinski definition) is 4. The first kappa shape index (κ1) is 29.4. The standard InChI is InChI=1S/C14H12F3N3O.C14H9F3N2/c15-14(16,17)10-4-1-8(2-5-10)9-3-6-12(18)11(7-9)13(19)20-21;15-14(16,17)12-4-1-9(2-5-12)10-3-6-13(19)11(7-10)8-18/h1-7,21H,18H2,(H2,19,20);1-7H,19H2. The lowest BCUT2D eigenvalue weighted by atomic mass is 10.0. The van der Waals surface area contributed by atoms with Gasteiger partial charge in [-0.3, -0.25) is 0 Å². The second kappa shape index (κ2) is 11.7. The van der Waals surface area contributed by atoms with Crippen LogP contribution in [0.5, 0.6) is 0 Å². The Morgan fingerprint density at radius 2 is 1.05 bits per heavy atom. The van der Waals surface area contributed by atoms with Gasteiger partial charge in [0.05, 0.1) is 16.7 Å². The van der Waals surface area contributed by atoms with Gasteiger partial charge < -0.3 is 22.4 Å². The molecule has 0 unspecified atom stereocenters. The molecule has 0 aromatic heterocycles. The van der Waals surface area contributed by atoms with E-state index in [2.05, 4.69) is 5.16 Å². The summed E-state index contributed by atoms with van der Waals surface area (Å²) in [5.41, 5.74) is 19.1. The highest BCUT2D eigenvalue weighted by Crippen LogP contribution is 2.33. The highest BCUT2D eigenvalue weighted by atomic mass is 19.4. The molecule has 0 atom stereocenters. The average Bonchev–Trinajstić information content (AvgIpc) is 2.93. The van der Waals surface area contributed by atoms with Crippen LogP contribution in [0.25, 0.3) is 22.3 Å². The van der Waals surface area contributed by atoms with E-state index in [1.54, 1.807) is 36.4 Å². The molecule has 0 fully saturated rings. The summed E-state index contributed by atoms with van der Waals surface area (Å²) < 4.78 is 74.8. The van der Waals surface area contributed by atoms with E-state index >= 15 is 0 Å². The number of anilines is 2. The van der Waals surface area contributed by atoms with Gasteiger partial charge in [-0.2, -0.15) is 31.6 Å². The van der Waals surface area contributed by atoms with Crippen LogP contribution in [0.2, 0.25) is 0 Å².